The van der Waals surface area contributed by atoms with Gasteiger partial charge in [-0.25, -0.2) is 9.78 Å². The van der Waals surface area contributed by atoms with Crippen LogP contribution in [0.1, 0.15) is 69.9 Å². The highest BCUT2D eigenvalue weighted by atomic mass is 19.4. The highest BCUT2D eigenvalue weighted by Gasteiger charge is 2.61. The number of hydrogen-bond acceptors (Lipinski definition) is 8. The minimum atomic E-state index is -5.08. The zero-order chi connectivity index (χ0) is 35.3. The summed E-state index contributed by atoms with van der Waals surface area (Å²) in [5.74, 6) is -2.19. The highest BCUT2D eigenvalue weighted by molar-refractivity contribution is 5.90. The third-order valence-electron chi connectivity index (χ3n) is 7.49. The molecule has 0 saturated carbocycles. The lowest BCUT2D eigenvalue weighted by Crippen LogP contribution is -2.45. The summed E-state index contributed by atoms with van der Waals surface area (Å²) in [6.45, 7) is 11.6. The van der Waals surface area contributed by atoms with Crippen molar-refractivity contribution in [2.45, 2.75) is 89.1 Å². The van der Waals surface area contributed by atoms with Crippen LogP contribution in [0.25, 0.3) is 11.6 Å². The van der Waals surface area contributed by atoms with Gasteiger partial charge in [0.25, 0.3) is 11.8 Å². The van der Waals surface area contributed by atoms with E-state index in [0.717, 1.165) is 0 Å². The molecule has 15 heteroatoms. The van der Waals surface area contributed by atoms with E-state index >= 15 is 0 Å². The van der Waals surface area contributed by atoms with Crippen LogP contribution in [0.5, 0.6) is 0 Å². The molecular formula is C33H37F6N5O4. The van der Waals surface area contributed by atoms with Crippen molar-refractivity contribution < 1.29 is 45.0 Å². The van der Waals surface area contributed by atoms with E-state index in [4.69, 9.17) is 13.9 Å². The summed E-state index contributed by atoms with van der Waals surface area (Å²) in [4.78, 5) is 18.5. The zero-order valence-electron chi connectivity index (χ0n) is 26.7. The Morgan fingerprint density at radius 2 is 1.79 bits per heavy atom. The summed E-state index contributed by atoms with van der Waals surface area (Å²) < 4.78 is 105. The summed E-state index contributed by atoms with van der Waals surface area (Å²) in [6.07, 6.45) is -7.70. The summed E-state index contributed by atoms with van der Waals surface area (Å²) in [5, 5.41) is 9.72. The Balaban J connectivity index is 1.90. The molecule has 1 amide bonds. The number of hydrogen-bond donors (Lipinski definition) is 1. The van der Waals surface area contributed by atoms with Gasteiger partial charge in [0.15, 0.2) is 5.69 Å². The fourth-order valence-electron chi connectivity index (χ4n) is 5.31. The van der Waals surface area contributed by atoms with Gasteiger partial charge in [-0.3, -0.25) is 5.32 Å². The van der Waals surface area contributed by atoms with Crippen molar-refractivity contribution in [3.05, 3.63) is 78.7 Å². The highest BCUT2D eigenvalue weighted by Crippen LogP contribution is 2.48. The molecule has 2 atom stereocenters. The normalized spacial score (nSPS) is 16.8. The number of pyridine rings is 1. The van der Waals surface area contributed by atoms with Crippen molar-refractivity contribution in [1.82, 2.24) is 15.2 Å². The maximum absolute atomic E-state index is 15.0. The van der Waals surface area contributed by atoms with Gasteiger partial charge in [0.2, 0.25) is 5.60 Å². The van der Waals surface area contributed by atoms with Crippen LogP contribution in [-0.2, 0) is 27.9 Å². The van der Waals surface area contributed by atoms with Gasteiger partial charge >= 0.3 is 18.4 Å². The Labute approximate surface area is 274 Å². The number of rotatable bonds is 12. The van der Waals surface area contributed by atoms with Gasteiger partial charge in [-0.05, 0) is 64.5 Å². The van der Waals surface area contributed by atoms with Gasteiger partial charge in [0.05, 0.1) is 12.3 Å². The molecule has 1 aliphatic rings. The van der Waals surface area contributed by atoms with Gasteiger partial charge in [0, 0.05) is 12.6 Å². The van der Waals surface area contributed by atoms with Crippen LogP contribution in [0, 0.1) is 0 Å². The number of alkyl halides is 6. The zero-order valence-corrected chi connectivity index (χ0v) is 26.7. The van der Waals surface area contributed by atoms with Crippen molar-refractivity contribution >= 4 is 17.6 Å². The molecule has 0 radical (unpaired) electrons. The van der Waals surface area contributed by atoms with Gasteiger partial charge in [-0.2, -0.15) is 26.3 Å². The number of carbonyl (C=O) groups excluding carboxylic acids is 1. The second-order valence-electron chi connectivity index (χ2n) is 12.2. The Bertz CT molecular complexity index is 1590. The number of nitrogens with zero attached hydrogens (tertiary/aromatic N) is 4. The van der Waals surface area contributed by atoms with Crippen LogP contribution >= 0.6 is 0 Å². The number of aromatic nitrogens is 3. The lowest BCUT2D eigenvalue weighted by molar-refractivity contribution is -0.299. The first kappa shape index (κ1) is 36.4. The van der Waals surface area contributed by atoms with E-state index in [1.165, 1.54) is 11.0 Å². The van der Waals surface area contributed by atoms with Crippen LogP contribution in [0.3, 0.4) is 0 Å². The van der Waals surface area contributed by atoms with Crippen molar-refractivity contribution in [1.29, 1.82) is 0 Å². The standard InChI is InChI=1S/C33H37F6N5O4/c1-6-8-17-31(33(37,38)39,46-20-21-14-10-9-11-15-21)28-43-42-27(47-28)25-24(40-29(45)48-30(3,4)5)19-23(32(34,35)36)26(41-25)44-18-12-16-22(44)13-7-2/h6-7,9-11,14-15,19,22H,1-2,8,12-13,16-18,20H2,3-5H3,(H,40,45)/t22-,31?/m1/s1. The third-order valence-corrected chi connectivity index (χ3v) is 7.49. The molecule has 4 rings (SSSR count). The number of nitrogens with one attached hydrogen (secondary N) is 1. The van der Waals surface area contributed by atoms with E-state index in [2.05, 4.69) is 33.7 Å². The largest absolute Gasteiger partial charge is 0.444 e. The molecule has 1 N–H and O–H groups in total. The van der Waals surface area contributed by atoms with Gasteiger partial charge in [-0.15, -0.1) is 23.4 Å². The molecule has 3 heterocycles. The van der Waals surface area contributed by atoms with Crippen molar-refractivity contribution in [3.63, 3.8) is 0 Å². The van der Waals surface area contributed by atoms with E-state index in [0.29, 0.717) is 30.9 Å². The van der Waals surface area contributed by atoms with E-state index in [-0.39, 0.29) is 19.0 Å². The molecule has 1 saturated heterocycles. The van der Waals surface area contributed by atoms with Crippen LogP contribution < -0.4 is 10.2 Å². The van der Waals surface area contributed by atoms with Crippen molar-refractivity contribution in [2.75, 3.05) is 16.8 Å². The molecule has 9 nitrogen and oxygen atoms in total. The summed E-state index contributed by atoms with van der Waals surface area (Å²) >= 11 is 0. The number of amides is 1. The summed E-state index contributed by atoms with van der Waals surface area (Å²) in [5.41, 5.74) is -5.97. The molecule has 1 aromatic carbocycles. The molecular weight excluding hydrogens is 644 g/mol. The molecule has 1 unspecified atom stereocenters. The summed E-state index contributed by atoms with van der Waals surface area (Å²) in [7, 11) is 0. The van der Waals surface area contributed by atoms with Gasteiger partial charge in [-0.1, -0.05) is 42.5 Å². The predicted octanol–water partition coefficient (Wildman–Crippen LogP) is 8.98. The minimum absolute atomic E-state index is 0.167. The Morgan fingerprint density at radius 1 is 1.08 bits per heavy atom. The first-order chi connectivity index (χ1) is 22.5. The first-order valence-electron chi connectivity index (χ1n) is 15.2. The van der Waals surface area contributed by atoms with Crippen LogP contribution in [0.4, 0.5) is 42.6 Å². The molecule has 1 fully saturated rings. The third kappa shape index (κ3) is 8.35. The second kappa shape index (κ2) is 14.4. The van der Waals surface area contributed by atoms with Crippen LogP contribution in [0.2, 0.25) is 0 Å². The summed E-state index contributed by atoms with van der Waals surface area (Å²) in [6, 6.07) is 8.37. The van der Waals surface area contributed by atoms with E-state index in [9.17, 15) is 31.1 Å². The monoisotopic (exact) mass is 681 g/mol. The Kier molecular flexibility index (Phi) is 10.9. The number of halogens is 6. The van der Waals surface area contributed by atoms with E-state index < -0.39 is 77.2 Å². The number of carbonyl (C=O) groups is 1. The molecule has 48 heavy (non-hydrogen) atoms. The fraction of sp³-hybridized carbons (Fsp3) is 0.455. The molecule has 3 aromatic rings. The number of benzene rings is 1. The van der Waals surface area contributed by atoms with E-state index in [1.807, 2.05) is 0 Å². The smallest absolute Gasteiger partial charge is 0.426 e. The molecule has 1 aliphatic heterocycles. The maximum atomic E-state index is 15.0. The number of allylic oxidation sites excluding steroid dienone is 1. The average Bonchev–Trinajstić information content (AvgIpc) is 3.66. The lowest BCUT2D eigenvalue weighted by atomic mass is 9.96. The molecule has 0 spiro atoms. The van der Waals surface area contributed by atoms with Gasteiger partial charge in [0.1, 0.15) is 17.0 Å². The lowest BCUT2D eigenvalue weighted by Gasteiger charge is -2.32. The van der Waals surface area contributed by atoms with Gasteiger partial charge < -0.3 is 18.8 Å². The SMILES string of the molecule is C=CCCC(OCc1ccccc1)(c1nnc(-c2nc(N3CCC[C@H]3CC=C)c(C(F)(F)F)cc2NC(=O)OC(C)(C)C)o1)C(F)(F)F. The number of anilines is 2. The van der Waals surface area contributed by atoms with Crippen LogP contribution in [0.15, 0.2) is 66.1 Å². The topological polar surface area (TPSA) is 103 Å². The molecule has 2 aromatic heterocycles. The van der Waals surface area contributed by atoms with Crippen molar-refractivity contribution in [3.8, 4) is 11.6 Å². The van der Waals surface area contributed by atoms with Crippen LogP contribution in [-0.4, -0.2) is 45.6 Å². The number of ether oxygens (including phenoxy) is 2. The molecule has 0 bridgehead atoms. The molecule has 260 valence electrons. The maximum Gasteiger partial charge on any atom is 0.426 e. The quantitative estimate of drug-likeness (QED) is 0.149. The average molecular weight is 682 g/mol. The fourth-order valence-corrected chi connectivity index (χ4v) is 5.31. The van der Waals surface area contributed by atoms with E-state index in [1.54, 1.807) is 57.2 Å². The Morgan fingerprint density at radius 3 is 2.40 bits per heavy atom. The second-order valence-corrected chi connectivity index (χ2v) is 12.2. The predicted molar refractivity (Wildman–Crippen MR) is 166 cm³/mol. The first-order valence-corrected chi connectivity index (χ1v) is 15.2. The van der Waals surface area contributed by atoms with Crippen molar-refractivity contribution in [2.24, 2.45) is 0 Å². The molecule has 0 aliphatic carbocycles. The minimum Gasteiger partial charge on any atom is -0.444 e. The Hall–Kier alpha value is -4.40.